The van der Waals surface area contributed by atoms with E-state index in [1.54, 1.807) is 4.68 Å². The summed E-state index contributed by atoms with van der Waals surface area (Å²) in [6.45, 7) is 4.47. The summed E-state index contributed by atoms with van der Waals surface area (Å²) in [5, 5.41) is 4.51. The maximum atomic E-state index is 13.0. The molecule has 4 heterocycles. The average molecular weight is 359 g/mol. The smallest absolute Gasteiger partial charge is 0.274 e. The predicted molar refractivity (Wildman–Crippen MR) is 93.4 cm³/mol. The average Bonchev–Trinajstić information content (AvgIpc) is 2.99. The molecule has 8 nitrogen and oxygen atoms in total. The number of fused-ring (bicyclic) bond motifs is 1. The molecule has 4 rings (SSSR count). The number of aromatic nitrogens is 4. The molecule has 1 amide bonds. The number of hydrogen-bond donors (Lipinski definition) is 0. The van der Waals surface area contributed by atoms with E-state index in [9.17, 15) is 9.18 Å². The molecule has 0 N–H and O–H groups in total. The first-order valence-corrected chi connectivity index (χ1v) is 8.78. The molecule has 2 aliphatic rings. The molecular weight excluding hydrogens is 337 g/mol. The highest BCUT2D eigenvalue weighted by Gasteiger charge is 2.31. The van der Waals surface area contributed by atoms with E-state index < -0.39 is 5.82 Å². The summed E-state index contributed by atoms with van der Waals surface area (Å²) < 4.78 is 14.8. The fourth-order valence-electron chi connectivity index (χ4n) is 3.54. The molecule has 1 saturated heterocycles. The van der Waals surface area contributed by atoms with Gasteiger partial charge in [-0.15, -0.1) is 0 Å². The second-order valence-electron chi connectivity index (χ2n) is 6.87. The van der Waals surface area contributed by atoms with Crippen LogP contribution in [0.5, 0.6) is 0 Å². The highest BCUT2D eigenvalue weighted by molar-refractivity contribution is 5.94. The maximum Gasteiger partial charge on any atom is 0.274 e. The van der Waals surface area contributed by atoms with Crippen LogP contribution in [0.1, 0.15) is 21.7 Å². The number of hydrogen-bond acceptors (Lipinski definition) is 6. The van der Waals surface area contributed by atoms with Crippen molar-refractivity contribution >= 4 is 11.9 Å². The first kappa shape index (κ1) is 16.9. The van der Waals surface area contributed by atoms with Gasteiger partial charge in [-0.05, 0) is 13.5 Å². The zero-order valence-electron chi connectivity index (χ0n) is 15.0. The Morgan fingerprint density at radius 1 is 1.08 bits per heavy atom. The minimum absolute atomic E-state index is 0.0152. The molecule has 0 aromatic carbocycles. The second kappa shape index (κ2) is 6.64. The van der Waals surface area contributed by atoms with Crippen LogP contribution in [0.15, 0.2) is 12.4 Å². The molecule has 0 atom stereocenters. The number of amides is 1. The summed E-state index contributed by atoms with van der Waals surface area (Å²) in [5.74, 6) is 0.0543. The van der Waals surface area contributed by atoms with Crippen molar-refractivity contribution in [2.75, 3.05) is 44.7 Å². The van der Waals surface area contributed by atoms with Crippen molar-refractivity contribution in [1.29, 1.82) is 0 Å². The van der Waals surface area contributed by atoms with E-state index in [1.165, 1.54) is 12.4 Å². The standard InChI is InChI=1S/C17H22FN7O/c1-22-5-7-24(8-6-22)16(26)15-13-3-4-25(11-14(13)23(2)21-15)17-19-9-12(18)10-20-17/h9-10H,3-8,11H2,1-2H3. The van der Waals surface area contributed by atoms with Gasteiger partial charge in [0.2, 0.25) is 5.95 Å². The number of carbonyl (C=O) groups is 1. The Hall–Kier alpha value is -2.55. The molecule has 0 spiro atoms. The van der Waals surface area contributed by atoms with Crippen molar-refractivity contribution in [1.82, 2.24) is 29.5 Å². The molecule has 9 heteroatoms. The van der Waals surface area contributed by atoms with Crippen LogP contribution in [0, 0.1) is 5.82 Å². The molecule has 0 aliphatic carbocycles. The lowest BCUT2D eigenvalue weighted by atomic mass is 10.0. The second-order valence-corrected chi connectivity index (χ2v) is 6.87. The zero-order chi connectivity index (χ0) is 18.3. The van der Waals surface area contributed by atoms with Gasteiger partial charge in [-0.25, -0.2) is 14.4 Å². The monoisotopic (exact) mass is 359 g/mol. The SMILES string of the molecule is CN1CCN(C(=O)c2nn(C)c3c2CCN(c2ncc(F)cn2)C3)CC1. The van der Waals surface area contributed by atoms with Gasteiger partial charge >= 0.3 is 0 Å². The van der Waals surface area contributed by atoms with Gasteiger partial charge in [0.25, 0.3) is 5.91 Å². The largest absolute Gasteiger partial charge is 0.335 e. The van der Waals surface area contributed by atoms with E-state index in [2.05, 4.69) is 27.0 Å². The fourth-order valence-corrected chi connectivity index (χ4v) is 3.54. The quantitative estimate of drug-likeness (QED) is 0.768. The van der Waals surface area contributed by atoms with Crippen molar-refractivity contribution in [2.45, 2.75) is 13.0 Å². The minimum Gasteiger partial charge on any atom is -0.335 e. The lowest BCUT2D eigenvalue weighted by Crippen LogP contribution is -2.47. The Balaban J connectivity index is 1.56. The van der Waals surface area contributed by atoms with E-state index in [4.69, 9.17) is 0 Å². The molecule has 2 aliphatic heterocycles. The molecule has 0 bridgehead atoms. The summed E-state index contributed by atoms with van der Waals surface area (Å²) in [6, 6.07) is 0. The van der Waals surface area contributed by atoms with Crippen LogP contribution in [0.3, 0.4) is 0 Å². The Morgan fingerprint density at radius 2 is 1.77 bits per heavy atom. The Kier molecular flexibility index (Phi) is 4.31. The summed E-state index contributed by atoms with van der Waals surface area (Å²) in [4.78, 5) is 27.1. The third-order valence-corrected chi connectivity index (χ3v) is 5.13. The third-order valence-electron chi connectivity index (χ3n) is 5.13. The van der Waals surface area contributed by atoms with Gasteiger partial charge in [-0.1, -0.05) is 0 Å². The zero-order valence-corrected chi connectivity index (χ0v) is 15.0. The summed E-state index contributed by atoms with van der Waals surface area (Å²) >= 11 is 0. The number of halogens is 1. The lowest BCUT2D eigenvalue weighted by molar-refractivity contribution is 0.0656. The van der Waals surface area contributed by atoms with Crippen molar-refractivity contribution in [3.8, 4) is 0 Å². The highest BCUT2D eigenvalue weighted by atomic mass is 19.1. The number of anilines is 1. The molecule has 1 fully saturated rings. The lowest BCUT2D eigenvalue weighted by Gasteiger charge is -2.32. The van der Waals surface area contributed by atoms with E-state index in [0.717, 1.165) is 37.4 Å². The number of likely N-dealkylation sites (N-methyl/N-ethyl adjacent to an activating group) is 1. The van der Waals surface area contributed by atoms with Crippen LogP contribution in [0.4, 0.5) is 10.3 Å². The molecule has 26 heavy (non-hydrogen) atoms. The van der Waals surface area contributed by atoms with Gasteiger partial charge in [0, 0.05) is 45.3 Å². The van der Waals surface area contributed by atoms with Gasteiger partial charge in [0.15, 0.2) is 11.5 Å². The van der Waals surface area contributed by atoms with Crippen LogP contribution >= 0.6 is 0 Å². The van der Waals surface area contributed by atoms with E-state index >= 15 is 0 Å². The van der Waals surface area contributed by atoms with Crippen molar-refractivity contribution < 1.29 is 9.18 Å². The van der Waals surface area contributed by atoms with Gasteiger partial charge < -0.3 is 14.7 Å². The summed E-state index contributed by atoms with van der Waals surface area (Å²) in [7, 11) is 3.92. The van der Waals surface area contributed by atoms with E-state index in [-0.39, 0.29) is 5.91 Å². The molecule has 0 saturated carbocycles. The minimum atomic E-state index is -0.452. The molecule has 2 aromatic heterocycles. The van der Waals surface area contributed by atoms with Crippen LogP contribution in [-0.2, 0) is 20.0 Å². The number of piperazine rings is 1. The molecule has 2 aromatic rings. The Bertz CT molecular complexity index is 811. The third kappa shape index (κ3) is 3.03. The van der Waals surface area contributed by atoms with Crippen molar-refractivity contribution in [3.05, 3.63) is 35.2 Å². The van der Waals surface area contributed by atoms with Crippen LogP contribution < -0.4 is 4.90 Å². The van der Waals surface area contributed by atoms with E-state index in [1.807, 2.05) is 16.8 Å². The first-order chi connectivity index (χ1) is 12.5. The summed E-state index contributed by atoms with van der Waals surface area (Å²) in [6.07, 6.45) is 3.03. The number of aryl methyl sites for hydroxylation is 1. The number of nitrogens with zero attached hydrogens (tertiary/aromatic N) is 7. The molecule has 0 radical (unpaired) electrons. The fraction of sp³-hybridized carbons (Fsp3) is 0.529. The molecule has 138 valence electrons. The van der Waals surface area contributed by atoms with Crippen molar-refractivity contribution in [2.24, 2.45) is 7.05 Å². The highest BCUT2D eigenvalue weighted by Crippen LogP contribution is 2.25. The normalized spacial score (nSPS) is 18.1. The van der Waals surface area contributed by atoms with Gasteiger partial charge in [-0.3, -0.25) is 9.48 Å². The number of rotatable bonds is 2. The number of carbonyl (C=O) groups excluding carboxylic acids is 1. The Labute approximate surface area is 151 Å². The van der Waals surface area contributed by atoms with Crippen LogP contribution in [-0.4, -0.2) is 75.2 Å². The molecular formula is C17H22FN7O. The maximum absolute atomic E-state index is 13.0. The predicted octanol–water partition coefficient (Wildman–Crippen LogP) is 0.300. The van der Waals surface area contributed by atoms with Gasteiger partial charge in [0.1, 0.15) is 0 Å². The van der Waals surface area contributed by atoms with Crippen LogP contribution in [0.25, 0.3) is 0 Å². The summed E-state index contributed by atoms with van der Waals surface area (Å²) in [5.41, 5.74) is 2.56. The van der Waals surface area contributed by atoms with Crippen molar-refractivity contribution in [3.63, 3.8) is 0 Å². The topological polar surface area (TPSA) is 70.4 Å². The van der Waals surface area contributed by atoms with Gasteiger partial charge in [0.05, 0.1) is 24.6 Å². The Morgan fingerprint density at radius 3 is 2.46 bits per heavy atom. The van der Waals surface area contributed by atoms with Crippen LogP contribution in [0.2, 0.25) is 0 Å². The van der Waals surface area contributed by atoms with E-state index in [0.29, 0.717) is 31.2 Å². The first-order valence-electron chi connectivity index (χ1n) is 8.78. The van der Waals surface area contributed by atoms with Gasteiger partial charge in [-0.2, -0.15) is 5.10 Å². The molecule has 0 unspecified atom stereocenters.